The van der Waals surface area contributed by atoms with Crippen LogP contribution in [0.25, 0.3) is 11.2 Å². The van der Waals surface area contributed by atoms with E-state index in [1.807, 2.05) is 12.1 Å². The van der Waals surface area contributed by atoms with Gasteiger partial charge in [0.25, 0.3) is 10.0 Å². The van der Waals surface area contributed by atoms with Crippen molar-refractivity contribution in [3.05, 3.63) is 40.1 Å². The lowest BCUT2D eigenvalue weighted by Crippen LogP contribution is -2.39. The van der Waals surface area contributed by atoms with E-state index in [1.165, 1.54) is 11.3 Å². The van der Waals surface area contributed by atoms with Crippen molar-refractivity contribution in [2.24, 2.45) is 5.92 Å². The van der Waals surface area contributed by atoms with E-state index >= 15 is 0 Å². The minimum Gasteiger partial charge on any atom is -0.309 e. The van der Waals surface area contributed by atoms with Gasteiger partial charge in [0, 0.05) is 31.7 Å². The van der Waals surface area contributed by atoms with E-state index in [0.717, 1.165) is 40.0 Å². The Balaban J connectivity index is 1.59. The van der Waals surface area contributed by atoms with Gasteiger partial charge >= 0.3 is 0 Å². The van der Waals surface area contributed by atoms with E-state index in [-0.39, 0.29) is 6.04 Å². The molecule has 0 atom stereocenters. The second-order valence-electron chi connectivity index (χ2n) is 7.54. The van der Waals surface area contributed by atoms with Crippen molar-refractivity contribution >= 4 is 48.5 Å². The molecule has 0 unspecified atom stereocenters. The summed E-state index contributed by atoms with van der Waals surface area (Å²) in [5.41, 5.74) is 1.82. The Bertz CT molecular complexity index is 1080. The number of rotatable bonds is 5. The van der Waals surface area contributed by atoms with Gasteiger partial charge in [0.1, 0.15) is 15.6 Å². The van der Waals surface area contributed by atoms with Crippen LogP contribution in [0.2, 0.25) is 0 Å². The van der Waals surface area contributed by atoms with E-state index in [4.69, 9.17) is 4.98 Å². The van der Waals surface area contributed by atoms with E-state index in [0.29, 0.717) is 23.2 Å². The third kappa shape index (κ3) is 3.77. The average Bonchev–Trinajstić information content (AvgIpc) is 3.25. The number of hydrogen-bond donors (Lipinski definition) is 0. The van der Waals surface area contributed by atoms with Gasteiger partial charge in [-0.1, -0.05) is 13.8 Å². The van der Waals surface area contributed by atoms with Crippen LogP contribution >= 0.6 is 27.3 Å². The van der Waals surface area contributed by atoms with Crippen LogP contribution in [-0.2, 0) is 16.4 Å². The monoisotopic (exact) mass is 482 g/mol. The first-order valence-electron chi connectivity index (χ1n) is 9.43. The Morgan fingerprint density at radius 3 is 2.64 bits per heavy atom. The lowest BCUT2D eigenvalue weighted by Gasteiger charge is -2.32. The highest BCUT2D eigenvalue weighted by Crippen LogP contribution is 2.33. The summed E-state index contributed by atoms with van der Waals surface area (Å²) in [5, 5.41) is 0. The molecule has 1 saturated heterocycles. The number of thiophene rings is 1. The number of nitrogens with zero attached hydrogens (tertiary/aromatic N) is 4. The quantitative estimate of drug-likeness (QED) is 0.537. The maximum Gasteiger partial charge on any atom is 0.252 e. The Morgan fingerprint density at radius 2 is 2.00 bits per heavy atom. The van der Waals surface area contributed by atoms with E-state index in [1.54, 1.807) is 22.6 Å². The fourth-order valence-corrected chi connectivity index (χ4v) is 7.41. The lowest BCUT2D eigenvalue weighted by molar-refractivity contribution is 0.272. The summed E-state index contributed by atoms with van der Waals surface area (Å²) < 4.78 is 30.9. The van der Waals surface area contributed by atoms with Crippen LogP contribution in [0.5, 0.6) is 0 Å². The summed E-state index contributed by atoms with van der Waals surface area (Å²) >= 11 is 4.61. The van der Waals surface area contributed by atoms with E-state index < -0.39 is 10.0 Å². The van der Waals surface area contributed by atoms with Gasteiger partial charge in [0.2, 0.25) is 0 Å². The molecular formula is C19H23BrN4O2S2. The van der Waals surface area contributed by atoms with E-state index in [9.17, 15) is 8.42 Å². The van der Waals surface area contributed by atoms with E-state index in [2.05, 4.69) is 39.3 Å². The Labute approximate surface area is 177 Å². The SMILES string of the molecule is CC(C)Cc1nc2cccnc2n1C1CCN(S(=O)(=O)c2ccc(Br)s2)CC1. The molecule has 1 fully saturated rings. The van der Waals surface area contributed by atoms with Crippen LogP contribution in [0.15, 0.2) is 38.5 Å². The molecule has 0 radical (unpaired) electrons. The second-order valence-corrected chi connectivity index (χ2v) is 12.2. The standard InChI is InChI=1S/C19H23BrN4O2S2/c1-13(2)12-17-22-15-4-3-9-21-19(15)24(17)14-7-10-23(11-8-14)28(25,26)18-6-5-16(20)27-18/h3-6,9,13-14H,7-8,10-12H2,1-2H3. The van der Waals surface area contributed by atoms with Gasteiger partial charge in [-0.3, -0.25) is 0 Å². The minimum atomic E-state index is -3.42. The van der Waals surface area contributed by atoms with Crippen molar-refractivity contribution in [2.75, 3.05) is 13.1 Å². The van der Waals surface area contributed by atoms with Crippen LogP contribution < -0.4 is 0 Å². The summed E-state index contributed by atoms with van der Waals surface area (Å²) in [4.78, 5) is 9.38. The summed E-state index contributed by atoms with van der Waals surface area (Å²) in [7, 11) is -3.42. The summed E-state index contributed by atoms with van der Waals surface area (Å²) in [6.07, 6.45) is 4.21. The maximum absolute atomic E-state index is 12.9. The summed E-state index contributed by atoms with van der Waals surface area (Å²) in [6.45, 7) is 5.39. The molecule has 1 aliphatic rings. The number of aromatic nitrogens is 3. The van der Waals surface area contributed by atoms with Crippen LogP contribution in [0.1, 0.15) is 38.6 Å². The highest BCUT2D eigenvalue weighted by Gasteiger charge is 2.32. The smallest absolute Gasteiger partial charge is 0.252 e. The number of imidazole rings is 1. The van der Waals surface area contributed by atoms with Gasteiger partial charge < -0.3 is 4.57 Å². The van der Waals surface area contributed by atoms with Gasteiger partial charge in [-0.05, 0) is 59.0 Å². The van der Waals surface area contributed by atoms with Crippen molar-refractivity contribution in [1.82, 2.24) is 18.8 Å². The van der Waals surface area contributed by atoms with Crippen LogP contribution in [0, 0.1) is 5.92 Å². The molecule has 6 nitrogen and oxygen atoms in total. The van der Waals surface area contributed by atoms with Crippen molar-refractivity contribution < 1.29 is 8.42 Å². The zero-order chi connectivity index (χ0) is 19.9. The zero-order valence-corrected chi connectivity index (χ0v) is 19.1. The topological polar surface area (TPSA) is 68.1 Å². The van der Waals surface area contributed by atoms with Gasteiger partial charge in [0.05, 0.1) is 3.79 Å². The number of fused-ring (bicyclic) bond motifs is 1. The third-order valence-electron chi connectivity index (χ3n) is 5.04. The van der Waals surface area contributed by atoms with Gasteiger partial charge in [-0.2, -0.15) is 4.31 Å². The lowest BCUT2D eigenvalue weighted by atomic mass is 10.1. The second kappa shape index (κ2) is 7.85. The fraction of sp³-hybridized carbons (Fsp3) is 0.474. The first-order valence-corrected chi connectivity index (χ1v) is 12.5. The van der Waals surface area contributed by atoms with Crippen molar-refractivity contribution in [2.45, 2.75) is 43.4 Å². The predicted molar refractivity (Wildman–Crippen MR) is 115 cm³/mol. The minimum absolute atomic E-state index is 0.218. The molecule has 9 heteroatoms. The first-order chi connectivity index (χ1) is 13.4. The maximum atomic E-state index is 12.9. The summed E-state index contributed by atoms with van der Waals surface area (Å²) in [5.74, 6) is 1.54. The molecule has 0 aromatic carbocycles. The molecule has 28 heavy (non-hydrogen) atoms. The van der Waals surface area contributed by atoms with Crippen LogP contribution in [-0.4, -0.2) is 40.3 Å². The van der Waals surface area contributed by atoms with Crippen molar-refractivity contribution in [1.29, 1.82) is 0 Å². The van der Waals surface area contributed by atoms with Crippen LogP contribution in [0.3, 0.4) is 0 Å². The number of hydrogen-bond acceptors (Lipinski definition) is 5. The molecule has 4 rings (SSSR count). The molecule has 3 aromatic heterocycles. The molecule has 0 N–H and O–H groups in total. The molecule has 0 bridgehead atoms. The van der Waals surface area contributed by atoms with Gasteiger partial charge in [0.15, 0.2) is 5.65 Å². The molecule has 150 valence electrons. The molecule has 0 spiro atoms. The first kappa shape index (κ1) is 20.0. The molecule has 0 saturated carbocycles. The van der Waals surface area contributed by atoms with Gasteiger partial charge in [-0.15, -0.1) is 11.3 Å². The van der Waals surface area contributed by atoms with Crippen molar-refractivity contribution in [3.8, 4) is 0 Å². The molecule has 1 aliphatic heterocycles. The molecule has 4 heterocycles. The highest BCUT2D eigenvalue weighted by molar-refractivity contribution is 9.11. The number of halogens is 1. The van der Waals surface area contributed by atoms with Crippen molar-refractivity contribution in [3.63, 3.8) is 0 Å². The largest absolute Gasteiger partial charge is 0.309 e. The Morgan fingerprint density at radius 1 is 1.25 bits per heavy atom. The highest BCUT2D eigenvalue weighted by atomic mass is 79.9. The predicted octanol–water partition coefficient (Wildman–Crippen LogP) is 4.48. The normalized spacial score (nSPS) is 17.0. The Kier molecular flexibility index (Phi) is 5.61. The zero-order valence-electron chi connectivity index (χ0n) is 15.9. The summed E-state index contributed by atoms with van der Waals surface area (Å²) in [6, 6.07) is 7.58. The molecule has 0 amide bonds. The van der Waals surface area contributed by atoms with Crippen LogP contribution in [0.4, 0.5) is 0 Å². The third-order valence-corrected chi connectivity index (χ3v) is 9.03. The molecule has 0 aliphatic carbocycles. The van der Waals surface area contributed by atoms with Gasteiger partial charge in [-0.25, -0.2) is 18.4 Å². The fourth-order valence-electron chi connectivity index (χ4n) is 3.77. The average molecular weight is 483 g/mol. The molecule has 3 aromatic rings. The number of sulfonamides is 1. The number of pyridine rings is 1. The Hall–Kier alpha value is -1.29. The number of piperidine rings is 1. The molecular weight excluding hydrogens is 460 g/mol.